The molecular weight excluding hydrogens is 236 g/mol. The van der Waals surface area contributed by atoms with Gasteiger partial charge in [-0.25, -0.2) is 8.78 Å². The number of nitrogens with one attached hydrogen (secondary N) is 1. The highest BCUT2D eigenvalue weighted by molar-refractivity contribution is 5.42. The Labute approximate surface area is 105 Å². The molecule has 2 nitrogen and oxygen atoms in total. The van der Waals surface area contributed by atoms with E-state index in [1.54, 1.807) is 0 Å². The number of hydrogen-bond acceptors (Lipinski definition) is 2. The summed E-state index contributed by atoms with van der Waals surface area (Å²) in [7, 11) is 0. The largest absolute Gasteiger partial charge is 0.493 e. The van der Waals surface area contributed by atoms with Gasteiger partial charge in [0, 0.05) is 23.6 Å². The van der Waals surface area contributed by atoms with Crippen molar-refractivity contribution in [2.24, 2.45) is 5.92 Å². The molecule has 4 heteroatoms. The fourth-order valence-electron chi connectivity index (χ4n) is 2.87. The highest BCUT2D eigenvalue weighted by atomic mass is 19.1. The van der Waals surface area contributed by atoms with Gasteiger partial charge in [0.05, 0.1) is 6.61 Å². The van der Waals surface area contributed by atoms with Crippen LogP contribution >= 0.6 is 0 Å². The lowest BCUT2D eigenvalue weighted by Gasteiger charge is -2.23. The number of halogens is 2. The van der Waals surface area contributed by atoms with Crippen molar-refractivity contribution in [1.29, 1.82) is 0 Å². The van der Waals surface area contributed by atoms with Crippen LogP contribution in [0.25, 0.3) is 0 Å². The van der Waals surface area contributed by atoms with Crippen molar-refractivity contribution in [3.63, 3.8) is 0 Å². The first-order valence-electron chi connectivity index (χ1n) is 6.59. The molecule has 1 aromatic carbocycles. The molecule has 2 aliphatic heterocycles. The van der Waals surface area contributed by atoms with E-state index >= 15 is 0 Å². The molecule has 0 aromatic heterocycles. The van der Waals surface area contributed by atoms with Gasteiger partial charge in [0.1, 0.15) is 17.4 Å². The zero-order chi connectivity index (χ0) is 12.5. The van der Waals surface area contributed by atoms with Crippen LogP contribution in [0.15, 0.2) is 6.07 Å². The van der Waals surface area contributed by atoms with Crippen LogP contribution in [-0.4, -0.2) is 19.7 Å². The number of benzene rings is 1. The predicted molar refractivity (Wildman–Crippen MR) is 64.9 cm³/mol. The van der Waals surface area contributed by atoms with Crippen LogP contribution < -0.4 is 10.1 Å². The minimum Gasteiger partial charge on any atom is -0.493 e. The minimum absolute atomic E-state index is 0.256. The Kier molecular flexibility index (Phi) is 3.20. The van der Waals surface area contributed by atoms with Gasteiger partial charge >= 0.3 is 0 Å². The van der Waals surface area contributed by atoms with Crippen molar-refractivity contribution < 1.29 is 13.5 Å². The topological polar surface area (TPSA) is 21.3 Å². The molecule has 1 fully saturated rings. The second kappa shape index (κ2) is 4.84. The Morgan fingerprint density at radius 3 is 2.83 bits per heavy atom. The molecule has 0 unspecified atom stereocenters. The number of ether oxygens (including phenoxy) is 1. The number of hydrogen-bond donors (Lipinski definition) is 1. The quantitative estimate of drug-likeness (QED) is 0.874. The molecule has 0 aliphatic carbocycles. The average Bonchev–Trinajstić information content (AvgIpc) is 2.84. The first kappa shape index (κ1) is 11.9. The summed E-state index contributed by atoms with van der Waals surface area (Å²) in [6, 6.07) is 1.35. The Hall–Kier alpha value is -1.16. The van der Waals surface area contributed by atoms with E-state index in [2.05, 4.69) is 5.32 Å². The molecule has 3 rings (SSSR count). The fourth-order valence-corrected chi connectivity index (χ4v) is 2.87. The summed E-state index contributed by atoms with van der Waals surface area (Å²) in [5.41, 5.74) is 0.812. The van der Waals surface area contributed by atoms with E-state index in [9.17, 15) is 8.78 Å². The fraction of sp³-hybridized carbons (Fsp3) is 0.571. The molecule has 1 saturated heterocycles. The smallest absolute Gasteiger partial charge is 0.136 e. The normalized spacial score (nSPS) is 19.7. The minimum atomic E-state index is -0.452. The van der Waals surface area contributed by atoms with E-state index < -0.39 is 5.82 Å². The summed E-state index contributed by atoms with van der Waals surface area (Å²) in [5.74, 6) is -0.0533. The van der Waals surface area contributed by atoms with Gasteiger partial charge in [-0.2, -0.15) is 0 Å². The molecule has 0 atom stereocenters. The van der Waals surface area contributed by atoms with Crippen LogP contribution in [-0.2, 0) is 12.8 Å². The number of piperidine rings is 1. The van der Waals surface area contributed by atoms with E-state index in [0.717, 1.165) is 25.9 Å². The predicted octanol–water partition coefficient (Wildman–Crippen LogP) is 2.44. The lowest BCUT2D eigenvalue weighted by Crippen LogP contribution is -2.29. The lowest BCUT2D eigenvalue weighted by atomic mass is 9.89. The summed E-state index contributed by atoms with van der Waals surface area (Å²) in [6.45, 7) is 2.35. The molecule has 1 aromatic rings. The SMILES string of the molecule is Fc1cc2c(c(F)c1CC1CCNCC1)CCO2. The van der Waals surface area contributed by atoms with Gasteiger partial charge in [0.15, 0.2) is 0 Å². The van der Waals surface area contributed by atoms with Crippen LogP contribution in [0.1, 0.15) is 24.0 Å². The van der Waals surface area contributed by atoms with Crippen LogP contribution in [0.5, 0.6) is 5.75 Å². The Morgan fingerprint density at radius 2 is 2.06 bits per heavy atom. The molecule has 0 spiro atoms. The van der Waals surface area contributed by atoms with Crippen molar-refractivity contribution in [3.8, 4) is 5.75 Å². The number of rotatable bonds is 2. The third-order valence-corrected chi connectivity index (χ3v) is 3.93. The van der Waals surface area contributed by atoms with Crippen molar-refractivity contribution in [2.45, 2.75) is 25.7 Å². The molecule has 2 heterocycles. The van der Waals surface area contributed by atoms with Crippen LogP contribution in [0.2, 0.25) is 0 Å². The zero-order valence-corrected chi connectivity index (χ0v) is 10.3. The average molecular weight is 253 g/mol. The van der Waals surface area contributed by atoms with Crippen molar-refractivity contribution >= 4 is 0 Å². The summed E-state index contributed by atoms with van der Waals surface area (Å²) < 4.78 is 33.4. The van der Waals surface area contributed by atoms with Gasteiger partial charge in [-0.3, -0.25) is 0 Å². The maximum absolute atomic E-state index is 14.3. The van der Waals surface area contributed by atoms with Gasteiger partial charge < -0.3 is 10.1 Å². The van der Waals surface area contributed by atoms with Gasteiger partial charge in [0.25, 0.3) is 0 Å². The third kappa shape index (κ3) is 2.09. The highest BCUT2D eigenvalue weighted by Gasteiger charge is 2.25. The van der Waals surface area contributed by atoms with E-state index in [4.69, 9.17) is 4.74 Å². The second-order valence-corrected chi connectivity index (χ2v) is 5.12. The monoisotopic (exact) mass is 253 g/mol. The van der Waals surface area contributed by atoms with Crippen molar-refractivity contribution in [1.82, 2.24) is 5.32 Å². The van der Waals surface area contributed by atoms with Gasteiger partial charge in [0.2, 0.25) is 0 Å². The van der Waals surface area contributed by atoms with Crippen molar-refractivity contribution in [3.05, 3.63) is 28.8 Å². The standard InChI is InChI=1S/C14H17F2NO/c15-12-8-13-10(3-6-18-13)14(16)11(12)7-9-1-4-17-5-2-9/h8-9,17H,1-7H2. The van der Waals surface area contributed by atoms with Crippen LogP contribution in [0.4, 0.5) is 8.78 Å². The maximum Gasteiger partial charge on any atom is 0.136 e. The first-order chi connectivity index (χ1) is 8.75. The molecule has 0 radical (unpaired) electrons. The van der Waals surface area contributed by atoms with Crippen molar-refractivity contribution in [2.75, 3.05) is 19.7 Å². The zero-order valence-electron chi connectivity index (χ0n) is 10.3. The Morgan fingerprint density at radius 1 is 1.28 bits per heavy atom. The Bertz CT molecular complexity index is 456. The summed E-state index contributed by atoms with van der Waals surface area (Å²) in [4.78, 5) is 0. The molecular formula is C14H17F2NO. The molecule has 0 bridgehead atoms. The molecule has 0 amide bonds. The van der Waals surface area contributed by atoms with Gasteiger partial charge in [-0.15, -0.1) is 0 Å². The second-order valence-electron chi connectivity index (χ2n) is 5.12. The van der Waals surface area contributed by atoms with Crippen LogP contribution in [0.3, 0.4) is 0 Å². The van der Waals surface area contributed by atoms with Gasteiger partial charge in [-0.05, 0) is 38.3 Å². The first-order valence-corrected chi connectivity index (χ1v) is 6.59. The van der Waals surface area contributed by atoms with E-state index in [1.807, 2.05) is 0 Å². The molecule has 2 aliphatic rings. The Balaban J connectivity index is 1.87. The molecule has 18 heavy (non-hydrogen) atoms. The van der Waals surface area contributed by atoms with Crippen LogP contribution in [0, 0.1) is 17.6 Å². The lowest BCUT2D eigenvalue weighted by molar-refractivity contribution is 0.352. The maximum atomic E-state index is 14.3. The highest BCUT2D eigenvalue weighted by Crippen LogP contribution is 2.33. The molecule has 1 N–H and O–H groups in total. The molecule has 98 valence electrons. The summed E-state index contributed by atoms with van der Waals surface area (Å²) >= 11 is 0. The molecule has 0 saturated carbocycles. The summed E-state index contributed by atoms with van der Waals surface area (Å²) in [5, 5.41) is 3.26. The summed E-state index contributed by atoms with van der Waals surface area (Å²) in [6.07, 6.45) is 3.05. The van der Waals surface area contributed by atoms with Gasteiger partial charge in [-0.1, -0.05) is 0 Å². The number of fused-ring (bicyclic) bond motifs is 1. The van der Waals surface area contributed by atoms with E-state index in [-0.39, 0.29) is 11.4 Å². The van der Waals surface area contributed by atoms with E-state index in [0.29, 0.717) is 36.7 Å². The van der Waals surface area contributed by atoms with E-state index in [1.165, 1.54) is 6.07 Å². The third-order valence-electron chi connectivity index (χ3n) is 3.93.